The molecule has 1 aromatic carbocycles. The molecular formula is C19H16F2N6O. The van der Waals surface area contributed by atoms with E-state index in [1.807, 2.05) is 24.3 Å². The number of aromatic nitrogens is 5. The molecule has 1 saturated carbocycles. The largest absolute Gasteiger partial charge is 0.313 e. The average molecular weight is 382 g/mol. The van der Waals surface area contributed by atoms with Crippen molar-refractivity contribution in [2.45, 2.75) is 25.2 Å². The molecular weight excluding hydrogens is 366 g/mol. The molecule has 0 spiro atoms. The Morgan fingerprint density at radius 1 is 1.21 bits per heavy atom. The standard InChI is InChI=1S/C19H16F2N6O/c1-26-14-5-3-2-4-11(14)23-19(26)24-18(28)13-9-16-22-12(10-6-7-10)8-15(17(20)21)27(16)25-13/h2-5,8-10,17H,6-7H2,1H3,(H,23,24,28). The summed E-state index contributed by atoms with van der Waals surface area (Å²) in [6, 6.07) is 10.3. The summed E-state index contributed by atoms with van der Waals surface area (Å²) in [7, 11) is 1.78. The first-order chi connectivity index (χ1) is 13.5. The number of carbonyl (C=O) groups excluding carboxylic acids is 1. The van der Waals surface area contributed by atoms with Crippen molar-refractivity contribution in [3.8, 4) is 0 Å². The van der Waals surface area contributed by atoms with E-state index in [0.717, 1.165) is 28.4 Å². The summed E-state index contributed by atoms with van der Waals surface area (Å²) in [6.45, 7) is 0. The first-order valence-electron chi connectivity index (χ1n) is 8.93. The lowest BCUT2D eigenvalue weighted by molar-refractivity contribution is 0.101. The van der Waals surface area contributed by atoms with E-state index in [1.54, 1.807) is 11.6 Å². The van der Waals surface area contributed by atoms with Gasteiger partial charge in [-0.3, -0.25) is 10.1 Å². The van der Waals surface area contributed by atoms with Gasteiger partial charge in [-0.25, -0.2) is 23.3 Å². The van der Waals surface area contributed by atoms with Crippen LogP contribution in [0.15, 0.2) is 36.4 Å². The van der Waals surface area contributed by atoms with Crippen molar-refractivity contribution < 1.29 is 13.6 Å². The number of halogens is 2. The number of imidazole rings is 1. The van der Waals surface area contributed by atoms with Gasteiger partial charge in [0.15, 0.2) is 11.3 Å². The fraction of sp³-hybridized carbons (Fsp3) is 0.263. The van der Waals surface area contributed by atoms with E-state index in [1.165, 1.54) is 12.1 Å². The van der Waals surface area contributed by atoms with Gasteiger partial charge in [0, 0.05) is 24.7 Å². The van der Waals surface area contributed by atoms with Crippen LogP contribution in [0.2, 0.25) is 0 Å². The number of hydrogen-bond acceptors (Lipinski definition) is 4. The predicted molar refractivity (Wildman–Crippen MR) is 98.6 cm³/mol. The maximum Gasteiger partial charge on any atom is 0.280 e. The summed E-state index contributed by atoms with van der Waals surface area (Å²) in [4.78, 5) is 21.5. The molecule has 5 rings (SSSR count). The van der Waals surface area contributed by atoms with E-state index in [0.29, 0.717) is 11.6 Å². The second-order valence-corrected chi connectivity index (χ2v) is 6.92. The van der Waals surface area contributed by atoms with Crippen LogP contribution in [0.4, 0.5) is 14.7 Å². The molecule has 0 atom stereocenters. The lowest BCUT2D eigenvalue weighted by Gasteiger charge is -2.06. The number of carbonyl (C=O) groups is 1. The van der Waals surface area contributed by atoms with Crippen LogP contribution in [-0.4, -0.2) is 30.1 Å². The molecule has 0 aliphatic heterocycles. The van der Waals surface area contributed by atoms with Crippen molar-refractivity contribution in [2.75, 3.05) is 5.32 Å². The third kappa shape index (κ3) is 2.70. The Bertz CT molecular complexity index is 1220. The van der Waals surface area contributed by atoms with Crippen LogP contribution in [0.25, 0.3) is 16.7 Å². The van der Waals surface area contributed by atoms with Crippen LogP contribution in [0.5, 0.6) is 0 Å². The topological polar surface area (TPSA) is 77.1 Å². The van der Waals surface area contributed by atoms with E-state index in [9.17, 15) is 13.6 Å². The lowest BCUT2D eigenvalue weighted by Crippen LogP contribution is -2.16. The number of amides is 1. The van der Waals surface area contributed by atoms with Gasteiger partial charge in [-0.1, -0.05) is 12.1 Å². The highest BCUT2D eigenvalue weighted by Gasteiger charge is 2.28. The number of hydrogen-bond donors (Lipinski definition) is 1. The van der Waals surface area contributed by atoms with E-state index in [4.69, 9.17) is 0 Å². The van der Waals surface area contributed by atoms with Crippen molar-refractivity contribution in [3.05, 3.63) is 53.5 Å². The minimum Gasteiger partial charge on any atom is -0.313 e. The molecule has 142 valence electrons. The van der Waals surface area contributed by atoms with E-state index in [-0.39, 0.29) is 23.0 Å². The summed E-state index contributed by atoms with van der Waals surface area (Å²) < 4.78 is 29.8. The monoisotopic (exact) mass is 382 g/mol. The highest BCUT2D eigenvalue weighted by Crippen LogP contribution is 2.40. The third-order valence-electron chi connectivity index (χ3n) is 4.94. The minimum atomic E-state index is -2.71. The van der Waals surface area contributed by atoms with E-state index < -0.39 is 12.3 Å². The maximum atomic E-state index is 13.5. The molecule has 4 aromatic rings. The minimum absolute atomic E-state index is 0.00871. The Morgan fingerprint density at radius 2 is 2.00 bits per heavy atom. The Hall–Kier alpha value is -3.36. The molecule has 1 fully saturated rings. The Kier molecular flexibility index (Phi) is 3.65. The lowest BCUT2D eigenvalue weighted by atomic mass is 10.2. The molecule has 1 amide bonds. The highest BCUT2D eigenvalue weighted by atomic mass is 19.3. The average Bonchev–Trinajstić information content (AvgIpc) is 3.37. The highest BCUT2D eigenvalue weighted by molar-refractivity contribution is 6.03. The van der Waals surface area contributed by atoms with Crippen LogP contribution < -0.4 is 5.32 Å². The smallest absolute Gasteiger partial charge is 0.280 e. The fourth-order valence-electron chi connectivity index (χ4n) is 3.30. The predicted octanol–water partition coefficient (Wildman–Crippen LogP) is 3.68. The molecule has 1 aliphatic carbocycles. The first kappa shape index (κ1) is 16.8. The molecule has 9 heteroatoms. The van der Waals surface area contributed by atoms with Crippen molar-refractivity contribution in [1.29, 1.82) is 0 Å². The molecule has 0 radical (unpaired) electrons. The zero-order chi connectivity index (χ0) is 19.4. The van der Waals surface area contributed by atoms with Crippen LogP contribution in [0.1, 0.15) is 47.1 Å². The number of para-hydroxylation sites is 2. The van der Waals surface area contributed by atoms with Crippen molar-refractivity contribution in [2.24, 2.45) is 7.05 Å². The van der Waals surface area contributed by atoms with Crippen molar-refractivity contribution in [1.82, 2.24) is 24.1 Å². The molecule has 28 heavy (non-hydrogen) atoms. The van der Waals surface area contributed by atoms with Gasteiger partial charge >= 0.3 is 0 Å². The van der Waals surface area contributed by atoms with Crippen molar-refractivity contribution in [3.63, 3.8) is 0 Å². The number of fused-ring (bicyclic) bond motifs is 2. The number of benzene rings is 1. The second-order valence-electron chi connectivity index (χ2n) is 6.92. The molecule has 3 aromatic heterocycles. The second kappa shape index (κ2) is 6.08. The number of anilines is 1. The summed E-state index contributed by atoms with van der Waals surface area (Å²) in [5.74, 6) is 0.0377. The Morgan fingerprint density at radius 3 is 2.71 bits per heavy atom. The molecule has 7 nitrogen and oxygen atoms in total. The number of rotatable bonds is 4. The number of nitrogens with zero attached hydrogens (tertiary/aromatic N) is 5. The van der Waals surface area contributed by atoms with Crippen LogP contribution in [-0.2, 0) is 7.05 Å². The van der Waals surface area contributed by atoms with Gasteiger partial charge in [0.05, 0.1) is 11.0 Å². The Balaban J connectivity index is 1.52. The molecule has 0 saturated heterocycles. The van der Waals surface area contributed by atoms with Gasteiger partial charge in [-0.2, -0.15) is 5.10 Å². The quantitative estimate of drug-likeness (QED) is 0.584. The van der Waals surface area contributed by atoms with Gasteiger partial charge < -0.3 is 4.57 Å². The molecule has 1 aliphatic rings. The zero-order valence-electron chi connectivity index (χ0n) is 14.9. The van der Waals surface area contributed by atoms with Gasteiger partial charge in [0.25, 0.3) is 12.3 Å². The Labute approximate surface area is 158 Å². The summed E-state index contributed by atoms with van der Waals surface area (Å²) in [6.07, 6.45) is -0.821. The van der Waals surface area contributed by atoms with Crippen molar-refractivity contribution >= 4 is 28.5 Å². The summed E-state index contributed by atoms with van der Waals surface area (Å²) >= 11 is 0. The normalized spacial score (nSPS) is 14.3. The molecule has 3 heterocycles. The summed E-state index contributed by atoms with van der Waals surface area (Å²) in [5, 5.41) is 6.76. The third-order valence-corrected chi connectivity index (χ3v) is 4.94. The van der Waals surface area contributed by atoms with Gasteiger partial charge in [-0.05, 0) is 31.0 Å². The maximum absolute atomic E-state index is 13.5. The van der Waals surface area contributed by atoms with Crippen LogP contribution in [0, 0.1) is 0 Å². The van der Waals surface area contributed by atoms with E-state index in [2.05, 4.69) is 20.4 Å². The van der Waals surface area contributed by atoms with Gasteiger partial charge in [0.2, 0.25) is 5.95 Å². The fourth-order valence-corrected chi connectivity index (χ4v) is 3.30. The molecule has 0 unspecified atom stereocenters. The molecule has 0 bridgehead atoms. The molecule has 1 N–H and O–H groups in total. The number of alkyl halides is 2. The van der Waals surface area contributed by atoms with Crippen LogP contribution >= 0.6 is 0 Å². The van der Waals surface area contributed by atoms with Gasteiger partial charge in [0.1, 0.15) is 5.69 Å². The first-order valence-corrected chi connectivity index (χ1v) is 8.93. The summed E-state index contributed by atoms with van der Waals surface area (Å²) in [5.41, 5.74) is 2.23. The zero-order valence-corrected chi connectivity index (χ0v) is 14.9. The SMILES string of the molecule is Cn1c(NC(=O)c2cc3nc(C4CC4)cc(C(F)F)n3n2)nc2ccccc21. The number of aryl methyl sites for hydroxylation is 1. The number of nitrogens with one attached hydrogen (secondary N) is 1. The van der Waals surface area contributed by atoms with Gasteiger partial charge in [-0.15, -0.1) is 0 Å². The van der Waals surface area contributed by atoms with Crippen LogP contribution in [0.3, 0.4) is 0 Å². The van der Waals surface area contributed by atoms with E-state index >= 15 is 0 Å².